The molecule has 2 nitrogen and oxygen atoms in total. The van der Waals surface area contributed by atoms with Gasteiger partial charge in [-0.15, -0.1) is 0 Å². The zero-order valence-corrected chi connectivity index (χ0v) is 11.4. The van der Waals surface area contributed by atoms with Crippen LogP contribution in [0.5, 0.6) is 0 Å². The predicted octanol–water partition coefficient (Wildman–Crippen LogP) is 2.35. The van der Waals surface area contributed by atoms with Crippen LogP contribution >= 0.6 is 0 Å². The van der Waals surface area contributed by atoms with Crippen molar-refractivity contribution < 1.29 is 0 Å². The quantitative estimate of drug-likeness (QED) is 0.771. The third-order valence-corrected chi connectivity index (χ3v) is 4.33. The Balaban J connectivity index is 1.74. The maximum atomic E-state index is 3.83. The molecule has 2 fully saturated rings. The van der Waals surface area contributed by atoms with Crippen LogP contribution < -0.4 is 5.32 Å². The van der Waals surface area contributed by atoms with Gasteiger partial charge in [0, 0.05) is 19.1 Å². The molecule has 2 rings (SSSR count). The Morgan fingerprint density at radius 1 is 1.19 bits per heavy atom. The Morgan fingerprint density at radius 3 is 2.44 bits per heavy atom. The molecule has 0 spiro atoms. The fourth-order valence-electron chi connectivity index (χ4n) is 3.81. The Hall–Kier alpha value is -0.0800. The lowest BCUT2D eigenvalue weighted by atomic mass is 9.90. The predicted molar refractivity (Wildman–Crippen MR) is 69.6 cm³/mol. The van der Waals surface area contributed by atoms with Crippen LogP contribution in [0, 0.1) is 17.3 Å². The summed E-state index contributed by atoms with van der Waals surface area (Å²) in [5, 5.41) is 3.83. The molecule has 0 amide bonds. The molecule has 0 aliphatic heterocycles. The minimum absolute atomic E-state index is 0.394. The summed E-state index contributed by atoms with van der Waals surface area (Å²) in [6.45, 7) is 7.07. The number of nitrogens with one attached hydrogen (secondary N) is 1. The van der Waals surface area contributed by atoms with Crippen LogP contribution in [0.15, 0.2) is 0 Å². The van der Waals surface area contributed by atoms with Gasteiger partial charge in [-0.05, 0) is 50.6 Å². The highest BCUT2D eigenvalue weighted by molar-refractivity contribution is 4.94. The van der Waals surface area contributed by atoms with Crippen molar-refractivity contribution >= 4 is 0 Å². The second-order valence-electron chi connectivity index (χ2n) is 7.06. The van der Waals surface area contributed by atoms with E-state index < -0.39 is 0 Å². The van der Waals surface area contributed by atoms with E-state index in [1.54, 1.807) is 0 Å². The van der Waals surface area contributed by atoms with Crippen LogP contribution in [0.3, 0.4) is 0 Å². The molecule has 0 aromatic carbocycles. The molecule has 2 aliphatic carbocycles. The lowest BCUT2D eigenvalue weighted by Gasteiger charge is -2.32. The maximum Gasteiger partial charge on any atom is 0.00983 e. The monoisotopic (exact) mass is 224 g/mol. The summed E-state index contributed by atoms with van der Waals surface area (Å²) in [6.07, 6.45) is 5.94. The fourth-order valence-corrected chi connectivity index (χ4v) is 3.81. The third kappa shape index (κ3) is 2.98. The van der Waals surface area contributed by atoms with Crippen molar-refractivity contribution in [2.24, 2.45) is 17.3 Å². The van der Waals surface area contributed by atoms with Crippen LogP contribution in [0.2, 0.25) is 0 Å². The summed E-state index contributed by atoms with van der Waals surface area (Å²) in [5.74, 6) is 2.06. The molecule has 2 saturated carbocycles. The van der Waals surface area contributed by atoms with Crippen molar-refractivity contribution in [3.63, 3.8) is 0 Å². The van der Waals surface area contributed by atoms with Crippen LogP contribution in [0.4, 0.5) is 0 Å². The summed E-state index contributed by atoms with van der Waals surface area (Å²) >= 11 is 0. The Bertz CT molecular complexity index is 235. The van der Waals surface area contributed by atoms with Crippen molar-refractivity contribution in [1.82, 2.24) is 10.2 Å². The first-order valence-corrected chi connectivity index (χ1v) is 6.84. The smallest absolute Gasteiger partial charge is 0.00983 e. The van der Waals surface area contributed by atoms with Gasteiger partial charge >= 0.3 is 0 Å². The molecule has 3 atom stereocenters. The van der Waals surface area contributed by atoms with Crippen LogP contribution in [-0.4, -0.2) is 38.1 Å². The molecule has 0 unspecified atom stereocenters. The topological polar surface area (TPSA) is 15.3 Å². The van der Waals surface area contributed by atoms with E-state index in [9.17, 15) is 0 Å². The highest BCUT2D eigenvalue weighted by Crippen LogP contribution is 2.44. The van der Waals surface area contributed by atoms with Crippen LogP contribution in [-0.2, 0) is 0 Å². The van der Waals surface area contributed by atoms with Gasteiger partial charge in [0.25, 0.3) is 0 Å². The number of hydrogen-bond acceptors (Lipinski definition) is 2. The summed E-state index contributed by atoms with van der Waals surface area (Å²) in [5.41, 5.74) is 0.394. The third-order valence-electron chi connectivity index (χ3n) is 4.33. The second kappa shape index (κ2) is 4.66. The van der Waals surface area contributed by atoms with E-state index in [1.807, 2.05) is 0 Å². The van der Waals surface area contributed by atoms with Gasteiger partial charge in [-0.25, -0.2) is 0 Å². The lowest BCUT2D eigenvalue weighted by Crippen LogP contribution is -2.43. The van der Waals surface area contributed by atoms with Crippen molar-refractivity contribution in [2.45, 2.75) is 45.6 Å². The SMILES string of the molecule is CN(C)CC(C)(C)CN[C@H]1C[C@H]2CC[C@@H]1C2. The molecule has 0 heterocycles. The van der Waals surface area contributed by atoms with Crippen molar-refractivity contribution in [3.05, 3.63) is 0 Å². The summed E-state index contributed by atoms with van der Waals surface area (Å²) in [4.78, 5) is 2.29. The van der Waals surface area contributed by atoms with Crippen molar-refractivity contribution in [3.8, 4) is 0 Å². The van der Waals surface area contributed by atoms with Crippen molar-refractivity contribution in [2.75, 3.05) is 27.2 Å². The zero-order chi connectivity index (χ0) is 11.8. The van der Waals surface area contributed by atoms with E-state index in [0.29, 0.717) is 5.41 Å². The molecule has 2 aliphatic rings. The first-order chi connectivity index (χ1) is 7.46. The average molecular weight is 224 g/mol. The van der Waals surface area contributed by atoms with Gasteiger partial charge in [0.05, 0.1) is 0 Å². The highest BCUT2D eigenvalue weighted by Gasteiger charge is 2.39. The average Bonchev–Trinajstić information content (AvgIpc) is 2.73. The molecule has 0 radical (unpaired) electrons. The summed E-state index contributed by atoms with van der Waals surface area (Å²) in [7, 11) is 4.33. The minimum atomic E-state index is 0.394. The molecule has 16 heavy (non-hydrogen) atoms. The first-order valence-electron chi connectivity index (χ1n) is 6.84. The molecule has 94 valence electrons. The molecule has 2 bridgehead atoms. The summed E-state index contributed by atoms with van der Waals surface area (Å²) < 4.78 is 0. The van der Waals surface area contributed by atoms with Gasteiger partial charge in [-0.1, -0.05) is 20.3 Å². The van der Waals surface area contributed by atoms with Gasteiger partial charge in [-0.2, -0.15) is 0 Å². The van der Waals surface area contributed by atoms with Crippen molar-refractivity contribution in [1.29, 1.82) is 0 Å². The minimum Gasteiger partial charge on any atom is -0.313 e. The second-order valence-corrected chi connectivity index (χ2v) is 7.06. The van der Waals surface area contributed by atoms with Crippen LogP contribution in [0.1, 0.15) is 39.5 Å². The molecule has 0 saturated heterocycles. The number of fused-ring (bicyclic) bond motifs is 2. The largest absolute Gasteiger partial charge is 0.313 e. The lowest BCUT2D eigenvalue weighted by molar-refractivity contribution is 0.213. The molecule has 2 heteroatoms. The van der Waals surface area contributed by atoms with E-state index in [-0.39, 0.29) is 0 Å². The molecule has 0 aromatic heterocycles. The van der Waals surface area contributed by atoms with Gasteiger partial charge in [0.2, 0.25) is 0 Å². The molecular weight excluding hydrogens is 196 g/mol. The maximum absolute atomic E-state index is 3.83. The normalized spacial score (nSPS) is 33.9. The van der Waals surface area contributed by atoms with E-state index in [2.05, 4.69) is 38.2 Å². The first kappa shape index (κ1) is 12.4. The van der Waals surface area contributed by atoms with E-state index in [1.165, 1.54) is 38.8 Å². The standard InChI is InChI=1S/C14H28N2/c1-14(2,10-16(3)4)9-15-13-8-11-5-6-12(13)7-11/h11-13,15H,5-10H2,1-4H3/t11-,12+,13-/m0/s1. The van der Waals surface area contributed by atoms with Gasteiger partial charge < -0.3 is 10.2 Å². The summed E-state index contributed by atoms with van der Waals surface area (Å²) in [6, 6.07) is 0.834. The fraction of sp³-hybridized carbons (Fsp3) is 1.00. The Morgan fingerprint density at radius 2 is 1.94 bits per heavy atom. The van der Waals surface area contributed by atoms with Crippen LogP contribution in [0.25, 0.3) is 0 Å². The Labute approximate surface area is 101 Å². The number of nitrogens with zero attached hydrogens (tertiary/aromatic N) is 1. The Kier molecular flexibility index (Phi) is 3.60. The zero-order valence-electron chi connectivity index (χ0n) is 11.4. The molecule has 0 aromatic rings. The van der Waals surface area contributed by atoms with E-state index in [0.717, 1.165) is 17.9 Å². The number of hydrogen-bond donors (Lipinski definition) is 1. The number of rotatable bonds is 5. The van der Waals surface area contributed by atoms with Gasteiger partial charge in [0.1, 0.15) is 0 Å². The van der Waals surface area contributed by atoms with Gasteiger partial charge in [0.15, 0.2) is 0 Å². The van der Waals surface area contributed by atoms with E-state index >= 15 is 0 Å². The van der Waals surface area contributed by atoms with E-state index in [4.69, 9.17) is 0 Å². The highest BCUT2D eigenvalue weighted by atomic mass is 15.1. The molecule has 1 N–H and O–H groups in total. The van der Waals surface area contributed by atoms with Gasteiger partial charge in [-0.3, -0.25) is 0 Å². The molecular formula is C14H28N2.